The summed E-state index contributed by atoms with van der Waals surface area (Å²) < 4.78 is 5.94. The third-order valence-electron chi connectivity index (χ3n) is 3.32. The van der Waals surface area contributed by atoms with Gasteiger partial charge in [0.1, 0.15) is 11.9 Å². The maximum Gasteiger partial charge on any atom is 0.123 e. The summed E-state index contributed by atoms with van der Waals surface area (Å²) in [5, 5.41) is 0. The summed E-state index contributed by atoms with van der Waals surface area (Å²) in [7, 11) is 0. The highest BCUT2D eigenvalue weighted by Crippen LogP contribution is 2.36. The van der Waals surface area contributed by atoms with Crippen LogP contribution in [-0.4, -0.2) is 17.9 Å². The number of ether oxygens (including phenoxy) is 1. The fraction of sp³-hybridized carbons (Fsp3) is 0.571. The Morgan fingerprint density at radius 1 is 1.35 bits per heavy atom. The summed E-state index contributed by atoms with van der Waals surface area (Å²) in [6.45, 7) is 4.22. The molecule has 1 nitrogen and oxygen atoms in total. The third-order valence-corrected chi connectivity index (χ3v) is 4.61. The zero-order valence-corrected chi connectivity index (χ0v) is 11.8. The highest BCUT2D eigenvalue weighted by Gasteiger charge is 2.31. The number of hydrogen-bond donors (Lipinski definition) is 0. The number of halogens is 2. The van der Waals surface area contributed by atoms with E-state index in [1.54, 1.807) is 0 Å². The van der Waals surface area contributed by atoms with Crippen molar-refractivity contribution in [2.75, 3.05) is 11.8 Å². The van der Waals surface area contributed by atoms with Crippen LogP contribution in [0, 0.1) is 12.3 Å². The molecule has 0 spiro atoms. The smallest absolute Gasteiger partial charge is 0.123 e. The maximum absolute atomic E-state index is 5.98. The first-order chi connectivity index (χ1) is 8.06. The zero-order valence-electron chi connectivity index (χ0n) is 10.3. The fourth-order valence-electron chi connectivity index (χ4n) is 2.26. The monoisotopic (exact) mass is 272 g/mol. The number of fused-ring (bicyclic) bond motifs is 1. The Balaban J connectivity index is 2.05. The van der Waals surface area contributed by atoms with Gasteiger partial charge >= 0.3 is 0 Å². The first kappa shape index (κ1) is 13.0. The van der Waals surface area contributed by atoms with E-state index < -0.39 is 0 Å². The molecule has 0 fully saturated rings. The largest absolute Gasteiger partial charge is 0.490 e. The lowest BCUT2D eigenvalue weighted by molar-refractivity contribution is 0.170. The summed E-state index contributed by atoms with van der Waals surface area (Å²) in [6, 6.07) is 6.35. The minimum atomic E-state index is -0.0368. The molecule has 0 aliphatic carbocycles. The minimum absolute atomic E-state index is 0.0368. The van der Waals surface area contributed by atoms with Crippen LogP contribution in [0.25, 0.3) is 0 Å². The topological polar surface area (TPSA) is 9.23 Å². The standard InChI is InChI=1S/C14H18Cl2O/c1-10-3-4-13-11(5-10)6-12(17-13)7-14(2,8-15)9-16/h3-5,12H,6-9H2,1-2H3. The normalized spacial score (nSPS) is 18.9. The Morgan fingerprint density at radius 2 is 2.06 bits per heavy atom. The lowest BCUT2D eigenvalue weighted by atomic mass is 9.87. The van der Waals surface area contributed by atoms with Crippen molar-refractivity contribution in [1.82, 2.24) is 0 Å². The molecular weight excluding hydrogens is 255 g/mol. The zero-order chi connectivity index (χ0) is 12.5. The van der Waals surface area contributed by atoms with Gasteiger partial charge in [-0.05, 0) is 30.4 Å². The summed E-state index contributed by atoms with van der Waals surface area (Å²) in [4.78, 5) is 0. The van der Waals surface area contributed by atoms with Crippen molar-refractivity contribution < 1.29 is 4.74 Å². The predicted molar refractivity (Wildman–Crippen MR) is 73.5 cm³/mol. The van der Waals surface area contributed by atoms with Crippen molar-refractivity contribution in [1.29, 1.82) is 0 Å². The summed E-state index contributed by atoms with van der Waals surface area (Å²) in [5.74, 6) is 2.17. The van der Waals surface area contributed by atoms with Gasteiger partial charge in [0.15, 0.2) is 0 Å². The van der Waals surface area contributed by atoms with Crippen LogP contribution in [0.2, 0.25) is 0 Å². The number of aryl methyl sites for hydroxylation is 1. The molecule has 94 valence electrons. The van der Waals surface area contributed by atoms with Gasteiger partial charge in [0, 0.05) is 18.2 Å². The van der Waals surface area contributed by atoms with Crippen LogP contribution in [0.15, 0.2) is 18.2 Å². The molecule has 0 saturated carbocycles. The van der Waals surface area contributed by atoms with Gasteiger partial charge in [-0.25, -0.2) is 0 Å². The van der Waals surface area contributed by atoms with Crippen LogP contribution in [-0.2, 0) is 6.42 Å². The van der Waals surface area contributed by atoms with Crippen molar-refractivity contribution in [3.8, 4) is 5.75 Å². The maximum atomic E-state index is 5.98. The van der Waals surface area contributed by atoms with Crippen LogP contribution in [0.5, 0.6) is 5.75 Å². The molecule has 0 N–H and O–H groups in total. The van der Waals surface area contributed by atoms with Gasteiger partial charge in [0.25, 0.3) is 0 Å². The quantitative estimate of drug-likeness (QED) is 0.748. The molecule has 1 atom stereocenters. The van der Waals surface area contributed by atoms with Gasteiger partial charge in [0.05, 0.1) is 0 Å². The van der Waals surface area contributed by atoms with Gasteiger partial charge in [-0.1, -0.05) is 24.6 Å². The van der Waals surface area contributed by atoms with E-state index >= 15 is 0 Å². The second kappa shape index (κ2) is 5.07. The van der Waals surface area contributed by atoms with E-state index in [4.69, 9.17) is 27.9 Å². The Bertz CT molecular complexity index is 399. The number of benzene rings is 1. The van der Waals surface area contributed by atoms with Crippen molar-refractivity contribution in [2.24, 2.45) is 5.41 Å². The van der Waals surface area contributed by atoms with Gasteiger partial charge in [-0.15, -0.1) is 23.2 Å². The van der Waals surface area contributed by atoms with Crippen molar-refractivity contribution in [3.63, 3.8) is 0 Å². The van der Waals surface area contributed by atoms with E-state index in [2.05, 4.69) is 32.0 Å². The van der Waals surface area contributed by atoms with E-state index in [0.29, 0.717) is 11.8 Å². The van der Waals surface area contributed by atoms with Crippen molar-refractivity contribution in [2.45, 2.75) is 32.8 Å². The molecular formula is C14H18Cl2O. The molecule has 3 heteroatoms. The first-order valence-electron chi connectivity index (χ1n) is 5.94. The van der Waals surface area contributed by atoms with Gasteiger partial charge in [0.2, 0.25) is 0 Å². The van der Waals surface area contributed by atoms with Gasteiger partial charge < -0.3 is 4.74 Å². The van der Waals surface area contributed by atoms with Crippen molar-refractivity contribution in [3.05, 3.63) is 29.3 Å². The van der Waals surface area contributed by atoms with Crippen LogP contribution < -0.4 is 4.74 Å². The molecule has 0 amide bonds. The number of rotatable bonds is 4. The molecule has 0 aromatic heterocycles. The molecule has 2 rings (SSSR count). The predicted octanol–water partition coefficient (Wildman–Crippen LogP) is 4.17. The van der Waals surface area contributed by atoms with Crippen molar-refractivity contribution >= 4 is 23.2 Å². The van der Waals surface area contributed by atoms with E-state index in [9.17, 15) is 0 Å². The minimum Gasteiger partial charge on any atom is -0.490 e. The summed E-state index contributed by atoms with van der Waals surface area (Å²) in [6.07, 6.45) is 2.10. The molecule has 1 aromatic carbocycles. The number of hydrogen-bond acceptors (Lipinski definition) is 1. The van der Waals surface area contributed by atoms with E-state index in [1.165, 1.54) is 11.1 Å². The van der Waals surface area contributed by atoms with Crippen LogP contribution >= 0.6 is 23.2 Å². The van der Waals surface area contributed by atoms with Gasteiger partial charge in [-0.2, -0.15) is 0 Å². The molecule has 1 heterocycles. The Labute approximate surface area is 113 Å². The highest BCUT2D eigenvalue weighted by atomic mass is 35.5. The molecule has 0 bridgehead atoms. The second-order valence-corrected chi connectivity index (χ2v) is 5.87. The molecule has 0 saturated heterocycles. The fourth-order valence-corrected chi connectivity index (χ4v) is 2.76. The van der Waals surface area contributed by atoms with E-state index in [1.807, 2.05) is 0 Å². The first-order valence-corrected chi connectivity index (χ1v) is 7.01. The SMILES string of the molecule is Cc1ccc2c(c1)CC(CC(C)(CCl)CCl)O2. The molecule has 1 aliphatic heterocycles. The average molecular weight is 273 g/mol. The lowest BCUT2D eigenvalue weighted by Crippen LogP contribution is -2.29. The van der Waals surface area contributed by atoms with E-state index in [-0.39, 0.29) is 11.5 Å². The molecule has 1 aromatic rings. The van der Waals surface area contributed by atoms with Crippen LogP contribution in [0.4, 0.5) is 0 Å². The Kier molecular flexibility index (Phi) is 3.89. The Morgan fingerprint density at radius 3 is 2.71 bits per heavy atom. The third kappa shape index (κ3) is 2.89. The van der Waals surface area contributed by atoms with Gasteiger partial charge in [-0.3, -0.25) is 0 Å². The molecule has 17 heavy (non-hydrogen) atoms. The molecule has 1 aliphatic rings. The molecule has 1 unspecified atom stereocenters. The summed E-state index contributed by atoms with van der Waals surface area (Å²) in [5.41, 5.74) is 2.55. The second-order valence-electron chi connectivity index (χ2n) is 5.34. The molecule has 0 radical (unpaired) electrons. The number of alkyl halides is 2. The van der Waals surface area contributed by atoms with Crippen LogP contribution in [0.1, 0.15) is 24.5 Å². The van der Waals surface area contributed by atoms with E-state index in [0.717, 1.165) is 18.6 Å². The highest BCUT2D eigenvalue weighted by molar-refractivity contribution is 6.21. The average Bonchev–Trinajstić information content (AvgIpc) is 2.70. The Hall–Kier alpha value is -0.400. The van der Waals surface area contributed by atoms with Crippen LogP contribution in [0.3, 0.4) is 0 Å². The lowest BCUT2D eigenvalue weighted by Gasteiger charge is -2.27. The summed E-state index contributed by atoms with van der Waals surface area (Å²) >= 11 is 12.0.